The smallest absolute Gasteiger partial charge is 0.272 e. The SMILES string of the molecule is COc1cccc(NC(=O)CCn2c(=O)c(C)nc3ccccc32)c1. The van der Waals surface area contributed by atoms with Crippen LogP contribution in [-0.4, -0.2) is 22.6 Å². The van der Waals surface area contributed by atoms with Crippen molar-refractivity contribution in [1.29, 1.82) is 0 Å². The third-order valence-corrected chi connectivity index (χ3v) is 3.93. The summed E-state index contributed by atoms with van der Waals surface area (Å²) >= 11 is 0. The highest BCUT2D eigenvalue weighted by atomic mass is 16.5. The molecule has 0 aliphatic heterocycles. The van der Waals surface area contributed by atoms with Crippen molar-refractivity contribution < 1.29 is 9.53 Å². The van der Waals surface area contributed by atoms with Crippen LogP contribution in [0.4, 0.5) is 5.69 Å². The molecule has 0 bridgehead atoms. The van der Waals surface area contributed by atoms with Gasteiger partial charge in [0.2, 0.25) is 5.91 Å². The number of nitrogens with zero attached hydrogens (tertiary/aromatic N) is 2. The Labute approximate surface area is 145 Å². The van der Waals surface area contributed by atoms with Gasteiger partial charge in [-0.1, -0.05) is 18.2 Å². The predicted octanol–water partition coefficient (Wildman–Crippen LogP) is 2.74. The lowest BCUT2D eigenvalue weighted by molar-refractivity contribution is -0.116. The monoisotopic (exact) mass is 337 g/mol. The molecule has 0 spiro atoms. The van der Waals surface area contributed by atoms with Crippen LogP contribution in [-0.2, 0) is 11.3 Å². The third kappa shape index (κ3) is 3.68. The first kappa shape index (κ1) is 16.7. The molecular weight excluding hydrogens is 318 g/mol. The fourth-order valence-corrected chi connectivity index (χ4v) is 2.68. The number of ether oxygens (including phenoxy) is 1. The summed E-state index contributed by atoms with van der Waals surface area (Å²) in [6.45, 7) is 1.97. The highest BCUT2D eigenvalue weighted by molar-refractivity contribution is 5.91. The number of hydrogen-bond acceptors (Lipinski definition) is 4. The molecule has 1 N–H and O–H groups in total. The number of rotatable bonds is 5. The largest absolute Gasteiger partial charge is 0.497 e. The van der Waals surface area contributed by atoms with Crippen LogP contribution in [0, 0.1) is 6.92 Å². The Bertz CT molecular complexity index is 979. The molecule has 6 nitrogen and oxygen atoms in total. The van der Waals surface area contributed by atoms with E-state index in [0.717, 1.165) is 11.0 Å². The second kappa shape index (κ2) is 7.17. The van der Waals surface area contributed by atoms with Crippen molar-refractivity contribution >= 4 is 22.6 Å². The molecule has 1 amide bonds. The topological polar surface area (TPSA) is 73.2 Å². The van der Waals surface area contributed by atoms with Gasteiger partial charge < -0.3 is 14.6 Å². The van der Waals surface area contributed by atoms with Crippen LogP contribution < -0.4 is 15.6 Å². The van der Waals surface area contributed by atoms with Gasteiger partial charge in [0, 0.05) is 24.7 Å². The summed E-state index contributed by atoms with van der Waals surface area (Å²) in [6, 6.07) is 14.6. The zero-order valence-corrected chi connectivity index (χ0v) is 14.2. The van der Waals surface area contributed by atoms with Gasteiger partial charge in [0.05, 0.1) is 18.1 Å². The standard InChI is InChI=1S/C19H19N3O3/c1-13-19(24)22(17-9-4-3-8-16(17)20-13)11-10-18(23)21-14-6-5-7-15(12-14)25-2/h3-9,12H,10-11H2,1-2H3,(H,21,23). The summed E-state index contributed by atoms with van der Waals surface area (Å²) in [4.78, 5) is 28.9. The number of hydrogen-bond donors (Lipinski definition) is 1. The van der Waals surface area contributed by atoms with Gasteiger partial charge in [0.25, 0.3) is 5.56 Å². The van der Waals surface area contributed by atoms with E-state index in [-0.39, 0.29) is 17.9 Å². The molecule has 1 heterocycles. The molecule has 0 unspecified atom stereocenters. The summed E-state index contributed by atoms with van der Waals surface area (Å²) in [5, 5.41) is 2.82. The molecule has 2 aromatic carbocycles. The first-order valence-electron chi connectivity index (χ1n) is 7.98. The number of anilines is 1. The van der Waals surface area contributed by atoms with E-state index in [1.165, 1.54) is 0 Å². The molecule has 25 heavy (non-hydrogen) atoms. The highest BCUT2D eigenvalue weighted by Gasteiger charge is 2.10. The van der Waals surface area contributed by atoms with E-state index >= 15 is 0 Å². The van der Waals surface area contributed by atoms with Crippen LogP contribution in [0.1, 0.15) is 12.1 Å². The summed E-state index contributed by atoms with van der Waals surface area (Å²) in [6.07, 6.45) is 0.185. The van der Waals surface area contributed by atoms with Crippen molar-refractivity contribution in [2.24, 2.45) is 0 Å². The highest BCUT2D eigenvalue weighted by Crippen LogP contribution is 2.17. The van der Waals surface area contributed by atoms with Crippen molar-refractivity contribution in [1.82, 2.24) is 9.55 Å². The maximum absolute atomic E-state index is 12.4. The summed E-state index contributed by atoms with van der Waals surface area (Å²) in [5.41, 5.74) is 2.38. The zero-order valence-electron chi connectivity index (χ0n) is 14.2. The van der Waals surface area contributed by atoms with Crippen molar-refractivity contribution in [3.05, 3.63) is 64.6 Å². The molecule has 128 valence electrons. The van der Waals surface area contributed by atoms with Crippen molar-refractivity contribution in [3.8, 4) is 5.75 Å². The zero-order chi connectivity index (χ0) is 17.8. The van der Waals surface area contributed by atoms with Crippen molar-refractivity contribution in [2.45, 2.75) is 19.9 Å². The van der Waals surface area contributed by atoms with Gasteiger partial charge in [-0.05, 0) is 31.2 Å². The van der Waals surface area contributed by atoms with Gasteiger partial charge in [-0.25, -0.2) is 4.98 Å². The maximum atomic E-state index is 12.4. The molecule has 0 aliphatic rings. The molecule has 1 aromatic heterocycles. The second-order valence-corrected chi connectivity index (χ2v) is 5.67. The fraction of sp³-hybridized carbons (Fsp3) is 0.211. The average Bonchev–Trinajstić information content (AvgIpc) is 2.62. The van der Waals surface area contributed by atoms with Gasteiger partial charge in [-0.3, -0.25) is 9.59 Å². The molecule has 3 rings (SSSR count). The lowest BCUT2D eigenvalue weighted by atomic mass is 10.2. The van der Waals surface area contributed by atoms with E-state index in [4.69, 9.17) is 4.74 Å². The fourth-order valence-electron chi connectivity index (χ4n) is 2.68. The van der Waals surface area contributed by atoms with Gasteiger partial charge in [0.1, 0.15) is 11.4 Å². The molecule has 0 saturated carbocycles. The van der Waals surface area contributed by atoms with Gasteiger partial charge in [-0.2, -0.15) is 0 Å². The van der Waals surface area contributed by atoms with Crippen molar-refractivity contribution in [3.63, 3.8) is 0 Å². The lowest BCUT2D eigenvalue weighted by Crippen LogP contribution is -2.26. The Balaban J connectivity index is 1.77. The Morgan fingerprint density at radius 3 is 2.80 bits per heavy atom. The van der Waals surface area contributed by atoms with Gasteiger partial charge in [-0.15, -0.1) is 0 Å². The molecule has 6 heteroatoms. The van der Waals surface area contributed by atoms with Crippen LogP contribution in [0.3, 0.4) is 0 Å². The van der Waals surface area contributed by atoms with E-state index in [1.54, 1.807) is 42.9 Å². The minimum Gasteiger partial charge on any atom is -0.497 e. The van der Waals surface area contributed by atoms with Crippen LogP contribution in [0.15, 0.2) is 53.3 Å². The predicted molar refractivity (Wildman–Crippen MR) is 97.0 cm³/mol. The second-order valence-electron chi connectivity index (χ2n) is 5.67. The summed E-state index contributed by atoms with van der Waals surface area (Å²) in [7, 11) is 1.57. The van der Waals surface area contributed by atoms with Crippen molar-refractivity contribution in [2.75, 3.05) is 12.4 Å². The Morgan fingerprint density at radius 1 is 1.20 bits per heavy atom. The Hall–Kier alpha value is -3.15. The first-order chi connectivity index (χ1) is 12.1. The number of fused-ring (bicyclic) bond motifs is 1. The van der Waals surface area contributed by atoms with E-state index in [1.807, 2.05) is 24.3 Å². The lowest BCUT2D eigenvalue weighted by Gasteiger charge is -2.11. The molecule has 3 aromatic rings. The van der Waals surface area contributed by atoms with Gasteiger partial charge >= 0.3 is 0 Å². The summed E-state index contributed by atoms with van der Waals surface area (Å²) in [5.74, 6) is 0.503. The van der Waals surface area contributed by atoms with E-state index < -0.39 is 0 Å². The Kier molecular flexibility index (Phi) is 4.79. The van der Waals surface area contributed by atoms with E-state index in [2.05, 4.69) is 10.3 Å². The first-order valence-corrected chi connectivity index (χ1v) is 7.98. The molecular formula is C19H19N3O3. The normalized spacial score (nSPS) is 10.6. The molecule has 0 atom stereocenters. The number of aryl methyl sites for hydroxylation is 2. The number of amides is 1. The minimum absolute atomic E-state index is 0.168. The van der Waals surface area contributed by atoms with E-state index in [0.29, 0.717) is 23.7 Å². The number of methoxy groups -OCH3 is 1. The number of benzene rings is 2. The maximum Gasteiger partial charge on any atom is 0.272 e. The van der Waals surface area contributed by atoms with Crippen LogP contribution in [0.25, 0.3) is 11.0 Å². The number of para-hydroxylation sites is 2. The average molecular weight is 337 g/mol. The number of carbonyl (C=O) groups excluding carboxylic acids is 1. The van der Waals surface area contributed by atoms with Crippen LogP contribution >= 0.6 is 0 Å². The third-order valence-electron chi connectivity index (χ3n) is 3.93. The van der Waals surface area contributed by atoms with Crippen LogP contribution in [0.5, 0.6) is 5.75 Å². The number of aromatic nitrogens is 2. The van der Waals surface area contributed by atoms with Crippen LogP contribution in [0.2, 0.25) is 0 Å². The quantitative estimate of drug-likeness (QED) is 0.777. The molecule has 0 saturated heterocycles. The summed E-state index contributed by atoms with van der Waals surface area (Å²) < 4.78 is 6.74. The number of carbonyl (C=O) groups is 1. The molecule has 0 aliphatic carbocycles. The Morgan fingerprint density at radius 2 is 2.00 bits per heavy atom. The number of nitrogens with one attached hydrogen (secondary N) is 1. The minimum atomic E-state index is -0.173. The molecule has 0 fully saturated rings. The molecule has 0 radical (unpaired) electrons. The van der Waals surface area contributed by atoms with E-state index in [9.17, 15) is 9.59 Å². The van der Waals surface area contributed by atoms with Gasteiger partial charge in [0.15, 0.2) is 0 Å².